The zero-order valence-corrected chi connectivity index (χ0v) is 17.8. The second-order valence-electron chi connectivity index (χ2n) is 6.92. The molecule has 0 unspecified atom stereocenters. The van der Waals surface area contributed by atoms with E-state index in [0.717, 1.165) is 5.56 Å². The molecule has 7 heteroatoms. The molecule has 4 aromatic rings. The molecular formula is C23H18Cl2N2O3. The van der Waals surface area contributed by atoms with E-state index in [1.165, 1.54) is 5.56 Å². The Labute approximate surface area is 183 Å². The van der Waals surface area contributed by atoms with Gasteiger partial charge in [0.2, 0.25) is 5.89 Å². The molecule has 3 aromatic carbocycles. The number of amides is 1. The molecule has 5 nitrogen and oxygen atoms in total. The fraction of sp³-hybridized carbons (Fsp3) is 0.130. The number of anilines is 1. The summed E-state index contributed by atoms with van der Waals surface area (Å²) in [6.45, 7) is 3.93. The number of hydrogen-bond donors (Lipinski definition) is 1. The average molecular weight is 441 g/mol. The lowest BCUT2D eigenvalue weighted by molar-refractivity contribution is -0.118. The molecule has 152 valence electrons. The van der Waals surface area contributed by atoms with Gasteiger partial charge in [0.05, 0.1) is 5.02 Å². The number of oxazole rings is 1. The van der Waals surface area contributed by atoms with Crippen LogP contribution in [0.25, 0.3) is 22.6 Å². The minimum Gasteiger partial charge on any atom is -0.484 e. The van der Waals surface area contributed by atoms with E-state index in [1.807, 2.05) is 38.1 Å². The molecule has 0 radical (unpaired) electrons. The van der Waals surface area contributed by atoms with Gasteiger partial charge in [-0.1, -0.05) is 35.3 Å². The van der Waals surface area contributed by atoms with Crippen molar-refractivity contribution in [3.05, 3.63) is 75.8 Å². The molecule has 1 amide bonds. The number of halogens is 2. The van der Waals surface area contributed by atoms with Gasteiger partial charge in [-0.25, -0.2) is 4.98 Å². The van der Waals surface area contributed by atoms with E-state index in [9.17, 15) is 4.79 Å². The fourth-order valence-corrected chi connectivity index (χ4v) is 3.48. The maximum atomic E-state index is 12.3. The SMILES string of the molecule is Cc1ccc(OCC(=O)Nc2cccc(-c3nc4cc(Cl)cc(Cl)c4o3)c2)cc1C. The Morgan fingerprint density at radius 2 is 1.90 bits per heavy atom. The number of nitrogens with one attached hydrogen (secondary N) is 1. The van der Waals surface area contributed by atoms with E-state index < -0.39 is 0 Å². The van der Waals surface area contributed by atoms with E-state index in [0.29, 0.717) is 44.0 Å². The lowest BCUT2D eigenvalue weighted by Gasteiger charge is -2.09. The molecule has 0 saturated carbocycles. The lowest BCUT2D eigenvalue weighted by Crippen LogP contribution is -2.20. The van der Waals surface area contributed by atoms with Gasteiger partial charge in [-0.3, -0.25) is 4.79 Å². The predicted molar refractivity (Wildman–Crippen MR) is 120 cm³/mol. The van der Waals surface area contributed by atoms with Crippen molar-refractivity contribution in [2.75, 3.05) is 11.9 Å². The molecule has 1 N–H and O–H groups in total. The molecule has 0 bridgehead atoms. The highest BCUT2D eigenvalue weighted by Crippen LogP contribution is 2.32. The van der Waals surface area contributed by atoms with Crippen LogP contribution in [-0.2, 0) is 4.79 Å². The Hall–Kier alpha value is -3.02. The van der Waals surface area contributed by atoms with Crippen LogP contribution in [0, 0.1) is 13.8 Å². The third-order valence-electron chi connectivity index (χ3n) is 4.65. The van der Waals surface area contributed by atoms with Gasteiger partial charge in [-0.15, -0.1) is 0 Å². The molecule has 30 heavy (non-hydrogen) atoms. The molecule has 0 aliphatic heterocycles. The molecule has 0 atom stereocenters. The average Bonchev–Trinajstić information content (AvgIpc) is 3.14. The van der Waals surface area contributed by atoms with Crippen molar-refractivity contribution in [2.24, 2.45) is 0 Å². The number of benzene rings is 3. The number of carbonyl (C=O) groups excluding carboxylic acids is 1. The third-order valence-corrected chi connectivity index (χ3v) is 5.15. The van der Waals surface area contributed by atoms with Crippen LogP contribution in [0.2, 0.25) is 10.0 Å². The quantitative estimate of drug-likeness (QED) is 0.387. The van der Waals surface area contributed by atoms with Gasteiger partial charge in [0.15, 0.2) is 12.2 Å². The summed E-state index contributed by atoms with van der Waals surface area (Å²) in [5.74, 6) is 0.776. The number of nitrogens with zero attached hydrogens (tertiary/aromatic N) is 1. The monoisotopic (exact) mass is 440 g/mol. The summed E-state index contributed by atoms with van der Waals surface area (Å²) in [6, 6.07) is 16.2. The molecule has 4 rings (SSSR count). The van der Waals surface area contributed by atoms with Crippen molar-refractivity contribution in [1.82, 2.24) is 4.98 Å². The molecule has 1 heterocycles. The van der Waals surface area contributed by atoms with Gasteiger partial charge < -0.3 is 14.5 Å². The normalized spacial score (nSPS) is 10.9. The van der Waals surface area contributed by atoms with Crippen LogP contribution in [0.1, 0.15) is 11.1 Å². The van der Waals surface area contributed by atoms with Crippen LogP contribution in [0.3, 0.4) is 0 Å². The van der Waals surface area contributed by atoms with Crippen LogP contribution in [0.15, 0.2) is 59.0 Å². The number of aromatic nitrogens is 1. The molecule has 0 spiro atoms. The minimum atomic E-state index is -0.266. The fourth-order valence-electron chi connectivity index (χ4n) is 2.96. The molecule has 0 aliphatic carbocycles. The highest BCUT2D eigenvalue weighted by atomic mass is 35.5. The Balaban J connectivity index is 1.47. The van der Waals surface area contributed by atoms with Crippen molar-refractivity contribution in [2.45, 2.75) is 13.8 Å². The third kappa shape index (κ3) is 4.42. The smallest absolute Gasteiger partial charge is 0.262 e. The summed E-state index contributed by atoms with van der Waals surface area (Å²) in [7, 11) is 0. The summed E-state index contributed by atoms with van der Waals surface area (Å²) in [4.78, 5) is 16.7. The standard InChI is InChI=1S/C23H18Cl2N2O3/c1-13-6-7-18(8-14(13)2)29-12-21(28)26-17-5-3-4-15(9-17)23-27-20-11-16(24)10-19(25)22(20)30-23/h3-11H,12H2,1-2H3,(H,26,28). The number of hydrogen-bond acceptors (Lipinski definition) is 4. The van der Waals surface area contributed by atoms with Crippen molar-refractivity contribution < 1.29 is 13.9 Å². The summed E-state index contributed by atoms with van der Waals surface area (Å²) in [5, 5.41) is 3.70. The van der Waals surface area contributed by atoms with Crippen molar-refractivity contribution in [3.8, 4) is 17.2 Å². The van der Waals surface area contributed by atoms with Crippen LogP contribution in [0.5, 0.6) is 5.75 Å². The Bertz CT molecular complexity index is 1250. The van der Waals surface area contributed by atoms with Gasteiger partial charge >= 0.3 is 0 Å². The van der Waals surface area contributed by atoms with Crippen LogP contribution in [0.4, 0.5) is 5.69 Å². The Morgan fingerprint density at radius 3 is 2.70 bits per heavy atom. The maximum Gasteiger partial charge on any atom is 0.262 e. The minimum absolute atomic E-state index is 0.0935. The molecule has 1 aromatic heterocycles. The molecule has 0 saturated heterocycles. The number of ether oxygens (including phenoxy) is 1. The molecule has 0 fully saturated rings. The van der Waals surface area contributed by atoms with E-state index in [2.05, 4.69) is 10.3 Å². The zero-order valence-electron chi connectivity index (χ0n) is 16.3. The molecule has 0 aliphatic rings. The highest BCUT2D eigenvalue weighted by Gasteiger charge is 2.13. The summed E-state index contributed by atoms with van der Waals surface area (Å²) < 4.78 is 11.4. The van der Waals surface area contributed by atoms with Gasteiger partial charge in [0.25, 0.3) is 5.91 Å². The van der Waals surface area contributed by atoms with Crippen LogP contribution < -0.4 is 10.1 Å². The Kier molecular flexibility index (Phi) is 5.66. The van der Waals surface area contributed by atoms with E-state index in [-0.39, 0.29) is 12.5 Å². The first-order valence-electron chi connectivity index (χ1n) is 9.25. The first kappa shape index (κ1) is 20.3. The van der Waals surface area contributed by atoms with Crippen molar-refractivity contribution in [3.63, 3.8) is 0 Å². The number of carbonyl (C=O) groups is 1. The van der Waals surface area contributed by atoms with Gasteiger partial charge in [0.1, 0.15) is 11.3 Å². The van der Waals surface area contributed by atoms with Crippen LogP contribution >= 0.6 is 23.2 Å². The zero-order chi connectivity index (χ0) is 21.3. The Morgan fingerprint density at radius 1 is 1.07 bits per heavy atom. The first-order valence-corrected chi connectivity index (χ1v) is 10.0. The van der Waals surface area contributed by atoms with Crippen molar-refractivity contribution >= 4 is 45.9 Å². The topological polar surface area (TPSA) is 64.4 Å². The van der Waals surface area contributed by atoms with Crippen molar-refractivity contribution in [1.29, 1.82) is 0 Å². The van der Waals surface area contributed by atoms with Crippen LogP contribution in [-0.4, -0.2) is 17.5 Å². The van der Waals surface area contributed by atoms with Gasteiger partial charge in [-0.2, -0.15) is 0 Å². The van der Waals surface area contributed by atoms with Gasteiger partial charge in [-0.05, 0) is 67.4 Å². The summed E-state index contributed by atoms with van der Waals surface area (Å²) >= 11 is 12.2. The summed E-state index contributed by atoms with van der Waals surface area (Å²) in [6.07, 6.45) is 0. The first-order chi connectivity index (χ1) is 14.4. The van der Waals surface area contributed by atoms with E-state index in [1.54, 1.807) is 30.3 Å². The van der Waals surface area contributed by atoms with E-state index in [4.69, 9.17) is 32.4 Å². The van der Waals surface area contributed by atoms with E-state index >= 15 is 0 Å². The second kappa shape index (κ2) is 8.38. The predicted octanol–water partition coefficient (Wildman–Crippen LogP) is 6.44. The lowest BCUT2D eigenvalue weighted by atomic mass is 10.1. The highest BCUT2D eigenvalue weighted by molar-refractivity contribution is 6.38. The molecular weight excluding hydrogens is 423 g/mol. The largest absolute Gasteiger partial charge is 0.484 e. The number of fused-ring (bicyclic) bond motifs is 1. The number of rotatable bonds is 5. The summed E-state index contributed by atoms with van der Waals surface area (Å²) in [5.41, 5.74) is 4.62. The van der Waals surface area contributed by atoms with Gasteiger partial charge in [0, 0.05) is 16.3 Å². The number of aryl methyl sites for hydroxylation is 2. The maximum absolute atomic E-state index is 12.3. The second-order valence-corrected chi connectivity index (χ2v) is 7.76.